The van der Waals surface area contributed by atoms with Crippen LogP contribution in [0.4, 0.5) is 0 Å². The normalized spacial score (nSPS) is 13.8. The van der Waals surface area contributed by atoms with Crippen molar-refractivity contribution < 1.29 is 9.59 Å². The smallest absolute Gasteiger partial charge is 0.274 e. The lowest BCUT2D eigenvalue weighted by Gasteiger charge is -2.34. The fourth-order valence-corrected chi connectivity index (χ4v) is 4.60. The summed E-state index contributed by atoms with van der Waals surface area (Å²) in [7, 11) is 0. The molecular formula is C24H22N6O2S. The van der Waals surface area contributed by atoms with Crippen molar-refractivity contribution in [1.82, 2.24) is 29.5 Å². The molecule has 4 heterocycles. The fraction of sp³-hybridized carbons (Fsp3) is 0.208. The first kappa shape index (κ1) is 21.0. The third kappa shape index (κ3) is 4.54. The summed E-state index contributed by atoms with van der Waals surface area (Å²) >= 11 is 1.56. The number of thiophene rings is 1. The van der Waals surface area contributed by atoms with Gasteiger partial charge in [-0.2, -0.15) is 5.10 Å². The molecule has 33 heavy (non-hydrogen) atoms. The lowest BCUT2D eigenvalue weighted by molar-refractivity contribution is 0.0532. The van der Waals surface area contributed by atoms with Gasteiger partial charge in [0.1, 0.15) is 11.4 Å². The molecule has 5 rings (SSSR count). The van der Waals surface area contributed by atoms with Crippen LogP contribution in [0.2, 0.25) is 0 Å². The van der Waals surface area contributed by atoms with Crippen molar-refractivity contribution in [1.29, 1.82) is 0 Å². The van der Waals surface area contributed by atoms with Crippen molar-refractivity contribution in [2.24, 2.45) is 0 Å². The van der Waals surface area contributed by atoms with Crippen LogP contribution >= 0.6 is 11.3 Å². The Labute approximate surface area is 195 Å². The molecule has 3 aromatic heterocycles. The molecule has 9 heteroatoms. The predicted molar refractivity (Wildman–Crippen MR) is 125 cm³/mol. The van der Waals surface area contributed by atoms with Crippen LogP contribution < -0.4 is 0 Å². The molecule has 1 aliphatic rings. The summed E-state index contributed by atoms with van der Waals surface area (Å²) < 4.78 is 1.82. The fourth-order valence-electron chi connectivity index (χ4n) is 3.88. The van der Waals surface area contributed by atoms with E-state index >= 15 is 0 Å². The summed E-state index contributed by atoms with van der Waals surface area (Å²) in [5.41, 5.74) is 2.72. The van der Waals surface area contributed by atoms with Crippen molar-refractivity contribution in [3.8, 4) is 10.6 Å². The van der Waals surface area contributed by atoms with Gasteiger partial charge < -0.3 is 9.80 Å². The second kappa shape index (κ2) is 9.33. The highest BCUT2D eigenvalue weighted by molar-refractivity contribution is 7.13. The number of aromatic nitrogens is 4. The van der Waals surface area contributed by atoms with Gasteiger partial charge in [-0.3, -0.25) is 19.3 Å². The summed E-state index contributed by atoms with van der Waals surface area (Å²) in [6.07, 6.45) is 6.35. The number of hydrogen-bond acceptors (Lipinski definition) is 6. The standard InChI is InChI=1S/C24H22N6O2S/c31-23(28-10-12-29(13-11-28)24(32)20-15-25-8-9-26-20)19-17-30(16-18-5-2-1-3-6-18)27-22(19)21-7-4-14-33-21/h1-9,14-15,17H,10-13,16H2. The molecule has 166 valence electrons. The summed E-state index contributed by atoms with van der Waals surface area (Å²) in [6, 6.07) is 14.0. The van der Waals surface area contributed by atoms with Gasteiger partial charge in [0.05, 0.1) is 23.2 Å². The van der Waals surface area contributed by atoms with Crippen LogP contribution in [0.5, 0.6) is 0 Å². The molecule has 2 amide bonds. The van der Waals surface area contributed by atoms with E-state index in [0.717, 1.165) is 10.4 Å². The molecule has 8 nitrogen and oxygen atoms in total. The predicted octanol–water partition coefficient (Wildman–Crippen LogP) is 3.05. The molecule has 4 aromatic rings. The largest absolute Gasteiger partial charge is 0.335 e. The van der Waals surface area contributed by atoms with Crippen molar-refractivity contribution in [3.63, 3.8) is 0 Å². The van der Waals surface area contributed by atoms with Gasteiger partial charge in [0, 0.05) is 44.8 Å². The van der Waals surface area contributed by atoms with Crippen LogP contribution in [-0.4, -0.2) is 67.5 Å². The van der Waals surface area contributed by atoms with Gasteiger partial charge in [-0.25, -0.2) is 4.98 Å². The van der Waals surface area contributed by atoms with E-state index in [1.807, 2.05) is 58.7 Å². The molecule has 0 aliphatic carbocycles. The van der Waals surface area contributed by atoms with Crippen LogP contribution in [0.1, 0.15) is 26.4 Å². The second-order valence-corrected chi connectivity index (χ2v) is 8.67. The molecule has 0 atom stereocenters. The number of carbonyl (C=O) groups is 2. The minimum absolute atomic E-state index is 0.0655. The molecule has 0 unspecified atom stereocenters. The van der Waals surface area contributed by atoms with Gasteiger partial charge in [-0.05, 0) is 17.0 Å². The zero-order valence-electron chi connectivity index (χ0n) is 17.9. The van der Waals surface area contributed by atoms with Crippen LogP contribution in [0, 0.1) is 0 Å². The van der Waals surface area contributed by atoms with E-state index in [-0.39, 0.29) is 11.8 Å². The highest BCUT2D eigenvalue weighted by Gasteiger charge is 2.29. The third-order valence-electron chi connectivity index (χ3n) is 5.57. The number of amides is 2. The Morgan fingerprint density at radius 1 is 0.909 bits per heavy atom. The zero-order valence-corrected chi connectivity index (χ0v) is 18.7. The highest BCUT2D eigenvalue weighted by atomic mass is 32.1. The van der Waals surface area contributed by atoms with Crippen LogP contribution in [-0.2, 0) is 6.54 Å². The highest BCUT2D eigenvalue weighted by Crippen LogP contribution is 2.28. The second-order valence-electron chi connectivity index (χ2n) is 7.73. The minimum atomic E-state index is -0.162. The molecule has 1 fully saturated rings. The number of hydrogen-bond donors (Lipinski definition) is 0. The van der Waals surface area contributed by atoms with Crippen molar-refractivity contribution >= 4 is 23.2 Å². The van der Waals surface area contributed by atoms with E-state index in [2.05, 4.69) is 9.97 Å². The Bertz CT molecular complexity index is 1230. The van der Waals surface area contributed by atoms with E-state index in [0.29, 0.717) is 49.7 Å². The van der Waals surface area contributed by atoms with Crippen LogP contribution in [0.3, 0.4) is 0 Å². The van der Waals surface area contributed by atoms with E-state index in [4.69, 9.17) is 5.10 Å². The Morgan fingerprint density at radius 2 is 1.67 bits per heavy atom. The summed E-state index contributed by atoms with van der Waals surface area (Å²) in [5, 5.41) is 6.73. The first-order valence-corrected chi connectivity index (χ1v) is 11.6. The van der Waals surface area contributed by atoms with Crippen molar-refractivity contribution in [2.75, 3.05) is 26.2 Å². The van der Waals surface area contributed by atoms with Gasteiger partial charge in [-0.15, -0.1) is 11.3 Å². The summed E-state index contributed by atoms with van der Waals surface area (Å²) in [5.74, 6) is -0.227. The Kier molecular flexibility index (Phi) is 5.95. The Balaban J connectivity index is 1.33. The first-order chi connectivity index (χ1) is 16.2. The number of rotatable bonds is 5. The molecule has 1 aromatic carbocycles. The topological polar surface area (TPSA) is 84.2 Å². The van der Waals surface area contributed by atoms with Crippen LogP contribution in [0.25, 0.3) is 10.6 Å². The van der Waals surface area contributed by atoms with Crippen molar-refractivity contribution in [2.45, 2.75) is 6.54 Å². The van der Waals surface area contributed by atoms with Crippen molar-refractivity contribution in [3.05, 3.63) is 89.5 Å². The first-order valence-electron chi connectivity index (χ1n) is 10.7. The Morgan fingerprint density at radius 3 is 2.33 bits per heavy atom. The maximum Gasteiger partial charge on any atom is 0.274 e. The average Bonchev–Trinajstić information content (AvgIpc) is 3.55. The van der Waals surface area contributed by atoms with Gasteiger partial charge in [0.25, 0.3) is 11.8 Å². The lowest BCUT2D eigenvalue weighted by atomic mass is 10.1. The van der Waals surface area contributed by atoms with Gasteiger partial charge >= 0.3 is 0 Å². The minimum Gasteiger partial charge on any atom is -0.335 e. The molecule has 0 radical (unpaired) electrons. The number of benzene rings is 1. The van der Waals surface area contributed by atoms with E-state index in [1.54, 1.807) is 21.1 Å². The van der Waals surface area contributed by atoms with Crippen LogP contribution in [0.15, 0.2) is 72.6 Å². The Hall–Kier alpha value is -3.85. The lowest BCUT2D eigenvalue weighted by Crippen LogP contribution is -2.50. The summed E-state index contributed by atoms with van der Waals surface area (Å²) in [4.78, 5) is 38.6. The third-order valence-corrected chi connectivity index (χ3v) is 6.45. The maximum atomic E-state index is 13.5. The molecule has 0 spiro atoms. The summed E-state index contributed by atoms with van der Waals surface area (Å²) in [6.45, 7) is 2.41. The molecule has 0 N–H and O–H groups in total. The average molecular weight is 459 g/mol. The number of piperazine rings is 1. The molecular weight excluding hydrogens is 436 g/mol. The monoisotopic (exact) mass is 458 g/mol. The number of nitrogens with zero attached hydrogens (tertiary/aromatic N) is 6. The van der Waals surface area contributed by atoms with E-state index in [9.17, 15) is 9.59 Å². The van der Waals surface area contributed by atoms with Gasteiger partial charge in [-0.1, -0.05) is 36.4 Å². The molecule has 1 saturated heterocycles. The molecule has 0 saturated carbocycles. The SMILES string of the molecule is O=C(c1cnccn1)N1CCN(C(=O)c2cn(Cc3ccccc3)nc2-c2cccs2)CC1. The number of carbonyl (C=O) groups excluding carboxylic acids is 2. The van der Waals surface area contributed by atoms with E-state index in [1.165, 1.54) is 18.6 Å². The van der Waals surface area contributed by atoms with Gasteiger partial charge in [0.2, 0.25) is 0 Å². The quantitative estimate of drug-likeness (QED) is 0.459. The maximum absolute atomic E-state index is 13.5. The molecule has 0 bridgehead atoms. The molecule has 1 aliphatic heterocycles. The zero-order chi connectivity index (χ0) is 22.6. The van der Waals surface area contributed by atoms with E-state index < -0.39 is 0 Å². The van der Waals surface area contributed by atoms with Gasteiger partial charge in [0.15, 0.2) is 0 Å².